The second-order valence-electron chi connectivity index (χ2n) is 9.71. The van der Waals surface area contributed by atoms with Crippen LogP contribution in [-0.2, 0) is 13.0 Å². The van der Waals surface area contributed by atoms with E-state index in [1.54, 1.807) is 0 Å². The number of hydrogen-bond donors (Lipinski definition) is 2. The topological polar surface area (TPSA) is 78.2 Å². The summed E-state index contributed by atoms with van der Waals surface area (Å²) in [6, 6.07) is 12.3. The number of nitrogens with one attached hydrogen (secondary N) is 1. The molecule has 2 aliphatic heterocycles. The van der Waals surface area contributed by atoms with E-state index in [0.717, 1.165) is 84.9 Å². The van der Waals surface area contributed by atoms with Crippen LogP contribution in [-0.4, -0.2) is 52.4 Å². The molecule has 0 aliphatic carbocycles. The molecule has 0 saturated carbocycles. The van der Waals surface area contributed by atoms with E-state index in [1.807, 2.05) is 30.0 Å². The first-order valence-corrected chi connectivity index (χ1v) is 11.9. The molecule has 5 rings (SSSR count). The number of nitrogens with two attached hydrogens (primary N) is 1. The number of aromatic nitrogens is 2. The number of aromatic amines is 1. The summed E-state index contributed by atoms with van der Waals surface area (Å²) in [6.07, 6.45) is 2.94. The van der Waals surface area contributed by atoms with Crippen LogP contribution >= 0.6 is 0 Å². The van der Waals surface area contributed by atoms with E-state index in [0.29, 0.717) is 5.92 Å². The van der Waals surface area contributed by atoms with E-state index in [9.17, 15) is 4.79 Å². The number of rotatable bonds is 3. The quantitative estimate of drug-likeness (QED) is 0.592. The van der Waals surface area contributed by atoms with Crippen molar-refractivity contribution in [1.29, 1.82) is 0 Å². The highest BCUT2D eigenvalue weighted by atomic mass is 16.2. The molecule has 1 amide bonds. The number of amides is 1. The van der Waals surface area contributed by atoms with Crippen LogP contribution in [0.1, 0.15) is 57.2 Å². The highest BCUT2D eigenvalue weighted by Gasteiger charge is 2.27. The van der Waals surface area contributed by atoms with Crippen LogP contribution in [0.5, 0.6) is 0 Å². The third kappa shape index (κ3) is 4.27. The Morgan fingerprint density at radius 3 is 2.52 bits per heavy atom. The van der Waals surface area contributed by atoms with Gasteiger partial charge < -0.3 is 20.5 Å². The average Bonchev–Trinajstić information content (AvgIpc) is 3.22. The second kappa shape index (κ2) is 8.67. The number of carbonyl (C=O) groups excluding carboxylic acids is 1. The molecule has 3 N–H and O–H groups in total. The molecule has 1 fully saturated rings. The summed E-state index contributed by atoms with van der Waals surface area (Å²) < 4.78 is 0. The zero-order valence-electron chi connectivity index (χ0n) is 19.8. The Balaban J connectivity index is 1.35. The summed E-state index contributed by atoms with van der Waals surface area (Å²) in [6.45, 7) is 7.59. The fourth-order valence-corrected chi connectivity index (χ4v) is 5.24. The Hall–Kier alpha value is -3.12. The van der Waals surface area contributed by atoms with E-state index in [1.165, 1.54) is 11.3 Å². The van der Waals surface area contributed by atoms with Crippen molar-refractivity contribution < 1.29 is 4.79 Å². The summed E-state index contributed by atoms with van der Waals surface area (Å²) >= 11 is 0. The van der Waals surface area contributed by atoms with Crippen molar-refractivity contribution in [1.82, 2.24) is 19.8 Å². The van der Waals surface area contributed by atoms with Crippen molar-refractivity contribution in [3.63, 3.8) is 0 Å². The maximum absolute atomic E-state index is 13.5. The van der Waals surface area contributed by atoms with Crippen molar-refractivity contribution in [3.05, 3.63) is 70.0 Å². The number of nitrogens with zero attached hydrogens (tertiary/aromatic N) is 3. The van der Waals surface area contributed by atoms with Crippen LogP contribution in [0.25, 0.3) is 11.4 Å². The van der Waals surface area contributed by atoms with Gasteiger partial charge in [-0.2, -0.15) is 0 Å². The monoisotopic (exact) mass is 443 g/mol. The summed E-state index contributed by atoms with van der Waals surface area (Å²) in [7, 11) is 2.13. The third-order valence-corrected chi connectivity index (χ3v) is 7.27. The molecule has 6 nitrogen and oxygen atoms in total. The predicted octanol–water partition coefficient (Wildman–Crippen LogP) is 4.28. The SMILES string of the molecule is Cc1cc(C)c(-c2nc3c([nH]2)CCN(C)C3)cc1C(=O)N1CCC(c2ccc(N)cc2)CC1. The number of imidazole rings is 1. The standard InChI is InChI=1S/C27H33N5O/c1-17-14-18(2)23(15-22(17)26-29-24-10-11-31(3)16-25(24)30-26)27(33)32-12-8-20(9-13-32)19-4-6-21(28)7-5-19/h4-7,14-15,20H,8-13,16,28H2,1-3H3,(H,29,30). The molecule has 1 saturated heterocycles. The van der Waals surface area contributed by atoms with Crippen molar-refractivity contribution in [2.75, 3.05) is 32.4 Å². The molecule has 0 radical (unpaired) electrons. The number of benzene rings is 2. The number of likely N-dealkylation sites (tertiary alicyclic amines) is 1. The zero-order chi connectivity index (χ0) is 23.1. The number of likely N-dealkylation sites (N-methyl/N-ethyl adjacent to an activating group) is 1. The molecule has 3 heterocycles. The van der Waals surface area contributed by atoms with Crippen LogP contribution in [0, 0.1) is 13.8 Å². The number of anilines is 1. The molecular formula is C27H33N5O. The van der Waals surface area contributed by atoms with E-state index in [2.05, 4.69) is 42.1 Å². The molecule has 6 heteroatoms. The lowest BCUT2D eigenvalue weighted by Gasteiger charge is -2.33. The van der Waals surface area contributed by atoms with Gasteiger partial charge in [0, 0.05) is 55.1 Å². The largest absolute Gasteiger partial charge is 0.399 e. The Labute approximate surface area is 195 Å². The molecule has 2 aliphatic rings. The normalized spacial score (nSPS) is 17.2. The van der Waals surface area contributed by atoms with E-state index < -0.39 is 0 Å². The van der Waals surface area contributed by atoms with Crippen LogP contribution < -0.4 is 5.73 Å². The van der Waals surface area contributed by atoms with Gasteiger partial charge in [-0.1, -0.05) is 18.2 Å². The average molecular weight is 444 g/mol. The molecule has 0 spiro atoms. The highest BCUT2D eigenvalue weighted by Crippen LogP contribution is 2.31. The van der Waals surface area contributed by atoms with Gasteiger partial charge in [0.05, 0.1) is 5.69 Å². The van der Waals surface area contributed by atoms with Crippen LogP contribution in [0.2, 0.25) is 0 Å². The summed E-state index contributed by atoms with van der Waals surface area (Å²) in [5, 5.41) is 0. The Morgan fingerprint density at radius 1 is 1.06 bits per heavy atom. The van der Waals surface area contributed by atoms with Gasteiger partial charge in [0.2, 0.25) is 0 Å². The molecule has 2 aromatic carbocycles. The van der Waals surface area contributed by atoms with Crippen molar-refractivity contribution in [2.45, 2.75) is 45.6 Å². The Bertz CT molecular complexity index is 1170. The molecule has 0 unspecified atom stereocenters. The van der Waals surface area contributed by atoms with Crippen molar-refractivity contribution in [2.24, 2.45) is 0 Å². The number of fused-ring (bicyclic) bond motifs is 1. The van der Waals surface area contributed by atoms with Gasteiger partial charge in [-0.05, 0) is 74.5 Å². The minimum absolute atomic E-state index is 0.126. The van der Waals surface area contributed by atoms with Gasteiger partial charge in [0.15, 0.2) is 0 Å². The minimum atomic E-state index is 0.126. The zero-order valence-corrected chi connectivity index (χ0v) is 19.8. The fraction of sp³-hybridized carbons (Fsp3) is 0.407. The molecule has 172 valence electrons. The maximum Gasteiger partial charge on any atom is 0.254 e. The summed E-state index contributed by atoms with van der Waals surface area (Å²) in [5.74, 6) is 1.49. The molecule has 0 atom stereocenters. The smallest absolute Gasteiger partial charge is 0.254 e. The molecule has 1 aromatic heterocycles. The fourth-order valence-electron chi connectivity index (χ4n) is 5.24. The molecular weight excluding hydrogens is 410 g/mol. The minimum Gasteiger partial charge on any atom is -0.399 e. The third-order valence-electron chi connectivity index (χ3n) is 7.27. The van der Waals surface area contributed by atoms with Gasteiger partial charge in [0.1, 0.15) is 5.82 Å². The van der Waals surface area contributed by atoms with E-state index in [4.69, 9.17) is 10.7 Å². The number of hydrogen-bond acceptors (Lipinski definition) is 4. The van der Waals surface area contributed by atoms with Crippen molar-refractivity contribution in [3.8, 4) is 11.4 Å². The lowest BCUT2D eigenvalue weighted by Crippen LogP contribution is -2.38. The number of nitrogen functional groups attached to an aromatic ring is 1. The number of carbonyl (C=O) groups is 1. The van der Waals surface area contributed by atoms with E-state index in [-0.39, 0.29) is 5.91 Å². The lowest BCUT2D eigenvalue weighted by molar-refractivity contribution is 0.0712. The number of piperidine rings is 1. The Morgan fingerprint density at radius 2 is 1.79 bits per heavy atom. The summed E-state index contributed by atoms with van der Waals surface area (Å²) in [5.41, 5.74) is 14.3. The highest BCUT2D eigenvalue weighted by molar-refractivity contribution is 5.97. The number of aryl methyl sites for hydroxylation is 2. The van der Waals surface area contributed by atoms with Crippen LogP contribution in [0.3, 0.4) is 0 Å². The first kappa shape index (κ1) is 21.7. The maximum atomic E-state index is 13.5. The molecule has 33 heavy (non-hydrogen) atoms. The van der Waals surface area contributed by atoms with Gasteiger partial charge >= 0.3 is 0 Å². The lowest BCUT2D eigenvalue weighted by atomic mass is 9.89. The van der Waals surface area contributed by atoms with Crippen LogP contribution in [0.4, 0.5) is 5.69 Å². The first-order valence-electron chi connectivity index (χ1n) is 11.9. The van der Waals surface area contributed by atoms with Gasteiger partial charge in [-0.15, -0.1) is 0 Å². The summed E-state index contributed by atoms with van der Waals surface area (Å²) in [4.78, 5) is 26.2. The second-order valence-corrected chi connectivity index (χ2v) is 9.71. The molecule has 0 bridgehead atoms. The number of H-pyrrole nitrogens is 1. The van der Waals surface area contributed by atoms with Crippen LogP contribution in [0.15, 0.2) is 36.4 Å². The van der Waals surface area contributed by atoms with Gasteiger partial charge in [-0.25, -0.2) is 4.98 Å². The van der Waals surface area contributed by atoms with Gasteiger partial charge in [-0.3, -0.25) is 4.79 Å². The van der Waals surface area contributed by atoms with Gasteiger partial charge in [0.25, 0.3) is 5.91 Å². The van der Waals surface area contributed by atoms with E-state index >= 15 is 0 Å². The van der Waals surface area contributed by atoms with Crippen molar-refractivity contribution >= 4 is 11.6 Å². The predicted molar refractivity (Wildman–Crippen MR) is 132 cm³/mol. The molecule has 3 aromatic rings. The first-order chi connectivity index (χ1) is 15.9. The Kier molecular flexibility index (Phi) is 5.71.